The molecule has 1 aliphatic carbocycles. The Hall–Kier alpha value is -0.200. The average molecular weight is 312 g/mol. The number of hydrogen-bond donors (Lipinski definition) is 0. The lowest BCUT2D eigenvalue weighted by atomic mass is 9.58. The van der Waals surface area contributed by atoms with Crippen LogP contribution in [0.2, 0.25) is 0 Å². The summed E-state index contributed by atoms with van der Waals surface area (Å²) in [7, 11) is 0. The second-order valence-electron chi connectivity index (χ2n) is 7.73. The van der Waals surface area contributed by atoms with Crippen LogP contribution in [0.4, 0.5) is 0 Å². The molecule has 5 fully saturated rings. The van der Waals surface area contributed by atoms with Gasteiger partial charge in [-0.15, -0.1) is 0 Å². The number of rotatable bonds is 2. The van der Waals surface area contributed by atoms with E-state index < -0.39 is 11.4 Å². The monoisotopic (exact) mass is 312 g/mol. The van der Waals surface area contributed by atoms with Crippen molar-refractivity contribution in [3.63, 3.8) is 0 Å². The zero-order valence-corrected chi connectivity index (χ0v) is 14.0. The summed E-state index contributed by atoms with van der Waals surface area (Å²) in [5.74, 6) is 0.957. The fraction of sp³-hybridized carbons (Fsp3) is 1.00. The van der Waals surface area contributed by atoms with Crippen molar-refractivity contribution >= 4 is 0 Å². The summed E-state index contributed by atoms with van der Waals surface area (Å²) >= 11 is 0. The maximum Gasteiger partial charge on any atom is 0.201 e. The first-order valence-electron chi connectivity index (χ1n) is 8.82. The van der Waals surface area contributed by atoms with Gasteiger partial charge in [0.15, 0.2) is 18.2 Å². The van der Waals surface area contributed by atoms with Gasteiger partial charge >= 0.3 is 0 Å². The number of hydrogen-bond acceptors (Lipinski definition) is 5. The molecule has 126 valence electrons. The van der Waals surface area contributed by atoms with Crippen LogP contribution in [0.5, 0.6) is 0 Å². The van der Waals surface area contributed by atoms with E-state index in [1.165, 1.54) is 6.42 Å². The van der Waals surface area contributed by atoms with Gasteiger partial charge in [-0.1, -0.05) is 13.8 Å². The Labute approximate surface area is 132 Å². The summed E-state index contributed by atoms with van der Waals surface area (Å²) in [4.78, 5) is 11.9. The van der Waals surface area contributed by atoms with Crippen LogP contribution >= 0.6 is 0 Å². The third-order valence-corrected chi connectivity index (χ3v) is 6.43. The first-order chi connectivity index (χ1) is 10.5. The molecule has 4 heterocycles. The van der Waals surface area contributed by atoms with Crippen LogP contribution in [-0.2, 0) is 24.0 Å². The van der Waals surface area contributed by atoms with Gasteiger partial charge in [0.05, 0.1) is 0 Å². The Morgan fingerprint density at radius 2 is 1.91 bits per heavy atom. The van der Waals surface area contributed by atoms with E-state index >= 15 is 0 Å². The molecule has 8 atom stereocenters. The highest BCUT2D eigenvalue weighted by atomic mass is 17.3. The Morgan fingerprint density at radius 3 is 2.68 bits per heavy atom. The second kappa shape index (κ2) is 5.15. The molecule has 0 amide bonds. The molecule has 0 aromatic heterocycles. The van der Waals surface area contributed by atoms with Crippen LogP contribution < -0.4 is 0 Å². The van der Waals surface area contributed by atoms with Gasteiger partial charge in [0.2, 0.25) is 5.79 Å². The van der Waals surface area contributed by atoms with E-state index in [0.29, 0.717) is 24.4 Å². The summed E-state index contributed by atoms with van der Waals surface area (Å²) in [5, 5.41) is 0. The normalized spacial score (nSPS) is 57.3. The van der Waals surface area contributed by atoms with E-state index in [2.05, 4.69) is 13.8 Å². The highest BCUT2D eigenvalue weighted by molar-refractivity contribution is 5.09. The molecule has 1 spiro atoms. The average Bonchev–Trinajstić information content (AvgIpc) is 2.71. The molecular formula is C17H28O5. The molecule has 5 nitrogen and oxygen atoms in total. The van der Waals surface area contributed by atoms with Gasteiger partial charge in [0.25, 0.3) is 0 Å². The predicted molar refractivity (Wildman–Crippen MR) is 78.5 cm³/mol. The Morgan fingerprint density at radius 1 is 1.09 bits per heavy atom. The standard InChI is InChI=1S/C17H28O5/c1-5-18-14-11(3)13-7-6-10(2)12-8-9-16(4)20-15(19-14)17(12,13)22-21-16/h10-15H,5-9H2,1-4H3/t10-,11-,12?,13?,14?,15-,16+,17-/m1/s1. The minimum atomic E-state index is -0.700. The summed E-state index contributed by atoms with van der Waals surface area (Å²) in [6.45, 7) is 9.15. The van der Waals surface area contributed by atoms with Gasteiger partial charge in [0, 0.05) is 24.9 Å². The maximum absolute atomic E-state index is 6.25. The fourth-order valence-electron chi connectivity index (χ4n) is 5.23. The zero-order chi connectivity index (χ0) is 15.5. The third-order valence-electron chi connectivity index (χ3n) is 6.43. The Kier molecular flexibility index (Phi) is 3.59. The first kappa shape index (κ1) is 15.3. The molecule has 5 aliphatic rings. The third kappa shape index (κ3) is 1.96. The molecule has 3 unspecified atom stereocenters. The molecule has 0 aromatic rings. The van der Waals surface area contributed by atoms with Crippen LogP contribution in [0.1, 0.15) is 53.4 Å². The summed E-state index contributed by atoms with van der Waals surface area (Å²) < 4.78 is 18.3. The van der Waals surface area contributed by atoms with Crippen molar-refractivity contribution in [2.75, 3.05) is 6.61 Å². The van der Waals surface area contributed by atoms with E-state index in [4.69, 9.17) is 24.0 Å². The minimum absolute atomic E-state index is 0.216. The lowest BCUT2D eigenvalue weighted by molar-refractivity contribution is -0.577. The predicted octanol–water partition coefficient (Wildman–Crippen LogP) is 3.23. The van der Waals surface area contributed by atoms with Crippen molar-refractivity contribution in [2.24, 2.45) is 23.7 Å². The van der Waals surface area contributed by atoms with Gasteiger partial charge in [0.1, 0.15) is 0 Å². The molecule has 4 aliphatic heterocycles. The smallest absolute Gasteiger partial charge is 0.201 e. The van der Waals surface area contributed by atoms with Crippen LogP contribution in [0.3, 0.4) is 0 Å². The summed E-state index contributed by atoms with van der Waals surface area (Å²) in [6, 6.07) is 0. The largest absolute Gasteiger partial charge is 0.353 e. The van der Waals surface area contributed by atoms with Crippen LogP contribution in [0, 0.1) is 23.7 Å². The van der Waals surface area contributed by atoms with E-state index in [-0.39, 0.29) is 18.5 Å². The van der Waals surface area contributed by atoms with Gasteiger partial charge in [-0.25, -0.2) is 9.78 Å². The SMILES string of the molecule is CCOC1O[C@@H]2O[C@]3(C)CCC4[C@H](C)CCC([C@H]1C)[C@]42OO3. The maximum atomic E-state index is 6.25. The molecule has 22 heavy (non-hydrogen) atoms. The topological polar surface area (TPSA) is 46.2 Å². The van der Waals surface area contributed by atoms with Crippen molar-refractivity contribution in [1.82, 2.24) is 0 Å². The Bertz CT molecular complexity index is 443. The zero-order valence-electron chi connectivity index (χ0n) is 14.0. The summed E-state index contributed by atoms with van der Waals surface area (Å²) in [6.07, 6.45) is 3.66. The molecule has 0 N–H and O–H groups in total. The van der Waals surface area contributed by atoms with Crippen molar-refractivity contribution < 1.29 is 24.0 Å². The minimum Gasteiger partial charge on any atom is -0.353 e. The molecule has 5 rings (SSSR count). The van der Waals surface area contributed by atoms with E-state index in [9.17, 15) is 0 Å². The summed E-state index contributed by atoms with van der Waals surface area (Å²) in [5.41, 5.74) is -0.472. The van der Waals surface area contributed by atoms with Gasteiger partial charge in [-0.05, 0) is 44.9 Å². The highest BCUT2D eigenvalue weighted by Gasteiger charge is 2.69. The van der Waals surface area contributed by atoms with Crippen LogP contribution in [0.25, 0.3) is 0 Å². The molecule has 0 aromatic carbocycles. The quantitative estimate of drug-likeness (QED) is 0.733. The fourth-order valence-corrected chi connectivity index (χ4v) is 5.23. The molecule has 4 saturated heterocycles. The number of ether oxygens (including phenoxy) is 3. The molecule has 0 radical (unpaired) electrons. The van der Waals surface area contributed by atoms with Crippen LogP contribution in [-0.4, -0.2) is 30.6 Å². The highest BCUT2D eigenvalue weighted by Crippen LogP contribution is 2.60. The number of fused-ring (bicyclic) bond motifs is 2. The van der Waals surface area contributed by atoms with E-state index in [0.717, 1.165) is 19.3 Å². The second-order valence-corrected chi connectivity index (χ2v) is 7.73. The van der Waals surface area contributed by atoms with Crippen molar-refractivity contribution in [2.45, 2.75) is 77.3 Å². The first-order valence-corrected chi connectivity index (χ1v) is 8.82. The van der Waals surface area contributed by atoms with E-state index in [1.54, 1.807) is 0 Å². The van der Waals surface area contributed by atoms with Gasteiger partial charge < -0.3 is 14.2 Å². The van der Waals surface area contributed by atoms with Crippen molar-refractivity contribution in [3.8, 4) is 0 Å². The molecule has 2 bridgehead atoms. The van der Waals surface area contributed by atoms with Crippen molar-refractivity contribution in [1.29, 1.82) is 0 Å². The molecular weight excluding hydrogens is 284 g/mol. The lowest BCUT2D eigenvalue weighted by Gasteiger charge is -2.60. The van der Waals surface area contributed by atoms with E-state index in [1.807, 2.05) is 13.8 Å². The Balaban J connectivity index is 1.75. The van der Waals surface area contributed by atoms with Crippen LogP contribution in [0.15, 0.2) is 0 Å². The van der Waals surface area contributed by atoms with Crippen molar-refractivity contribution in [3.05, 3.63) is 0 Å². The van der Waals surface area contributed by atoms with Gasteiger partial charge in [-0.2, -0.15) is 0 Å². The molecule has 1 saturated carbocycles. The van der Waals surface area contributed by atoms with Gasteiger partial charge in [-0.3, -0.25) is 0 Å². The molecule has 5 heteroatoms. The lowest BCUT2D eigenvalue weighted by Crippen LogP contribution is -2.70.